The number of benzene rings is 1. The molecule has 0 aromatic heterocycles. The Bertz CT molecular complexity index is 701. The van der Waals surface area contributed by atoms with Gasteiger partial charge in [-0.25, -0.2) is 13.6 Å². The van der Waals surface area contributed by atoms with Crippen molar-refractivity contribution in [3.05, 3.63) is 35.4 Å². The molecule has 1 saturated heterocycles. The number of halogens is 2. The zero-order valence-electron chi connectivity index (χ0n) is 17.7. The van der Waals surface area contributed by atoms with E-state index < -0.39 is 5.82 Å². The van der Waals surface area contributed by atoms with Crippen molar-refractivity contribution in [1.82, 2.24) is 10.2 Å². The van der Waals surface area contributed by atoms with Crippen molar-refractivity contribution < 1.29 is 23.0 Å². The summed E-state index contributed by atoms with van der Waals surface area (Å²) in [5.41, 5.74) is 0.471. The minimum Gasteiger partial charge on any atom is -0.453 e. The summed E-state index contributed by atoms with van der Waals surface area (Å²) in [6.07, 6.45) is 6.86. The number of piperidine rings is 1. The molecule has 1 aliphatic carbocycles. The largest absolute Gasteiger partial charge is 0.453 e. The van der Waals surface area contributed by atoms with E-state index in [0.717, 1.165) is 50.5 Å². The molecule has 8 heteroatoms. The van der Waals surface area contributed by atoms with Crippen molar-refractivity contribution in [2.45, 2.75) is 62.6 Å². The Morgan fingerprint density at radius 2 is 2.00 bits per heavy atom. The van der Waals surface area contributed by atoms with Gasteiger partial charge in [0.25, 0.3) is 0 Å². The highest BCUT2D eigenvalue weighted by atomic mass is 32.2. The first kappa shape index (κ1) is 23.3. The average Bonchev–Trinajstić information content (AvgIpc) is 2.77. The summed E-state index contributed by atoms with van der Waals surface area (Å²) in [6, 6.07) is 3.78. The number of hydrogen-bond acceptors (Lipinski definition) is 5. The van der Waals surface area contributed by atoms with Crippen LogP contribution >= 0.6 is 11.8 Å². The standard InChI is InChI=1S/C22H32F2N2O3S/c1-28-22(27)26-11-3-4-20(25-14-30-2)21(26)13-29-17-8-5-15(6-9-17)18-12-16(23)7-10-19(18)24/h7,10,12,15,17,20-21,25H,3-6,8-9,11,13-14H2,1-2H3/t15?,17?,20-,21-/m0/s1. The predicted octanol–water partition coefficient (Wildman–Crippen LogP) is 4.52. The van der Waals surface area contributed by atoms with Crippen LogP contribution in [-0.2, 0) is 9.47 Å². The third-order valence-electron chi connectivity index (χ3n) is 6.25. The van der Waals surface area contributed by atoms with Gasteiger partial charge in [0.2, 0.25) is 0 Å². The number of ether oxygens (including phenoxy) is 2. The van der Waals surface area contributed by atoms with Crippen molar-refractivity contribution in [3.63, 3.8) is 0 Å². The molecule has 30 heavy (non-hydrogen) atoms. The zero-order valence-corrected chi connectivity index (χ0v) is 18.6. The van der Waals surface area contributed by atoms with E-state index in [2.05, 4.69) is 5.32 Å². The van der Waals surface area contributed by atoms with Gasteiger partial charge in [-0.1, -0.05) is 0 Å². The second-order valence-corrected chi connectivity index (χ2v) is 8.96. The topological polar surface area (TPSA) is 50.8 Å². The lowest BCUT2D eigenvalue weighted by Crippen LogP contribution is -2.58. The molecule has 1 heterocycles. The molecule has 0 radical (unpaired) electrons. The summed E-state index contributed by atoms with van der Waals surface area (Å²) in [4.78, 5) is 14.0. The molecule has 1 saturated carbocycles. The number of carbonyl (C=O) groups excluding carboxylic acids is 1. The van der Waals surface area contributed by atoms with Gasteiger partial charge in [0.1, 0.15) is 11.6 Å². The maximum Gasteiger partial charge on any atom is 0.409 e. The lowest BCUT2D eigenvalue weighted by molar-refractivity contribution is -0.0263. The number of nitrogens with one attached hydrogen (secondary N) is 1. The summed E-state index contributed by atoms with van der Waals surface area (Å²) >= 11 is 1.72. The SMILES string of the molecule is COC(=O)N1CCC[C@H](NCSC)[C@@H]1COC1CCC(c2cc(F)ccc2F)CC1. The second kappa shape index (κ2) is 11.3. The maximum absolute atomic E-state index is 14.1. The molecule has 2 aliphatic rings. The molecule has 1 aromatic rings. The Morgan fingerprint density at radius 1 is 1.23 bits per heavy atom. The molecule has 2 atom stereocenters. The number of likely N-dealkylation sites (tertiary alicyclic amines) is 1. The van der Waals surface area contributed by atoms with E-state index in [1.807, 2.05) is 6.26 Å². The Morgan fingerprint density at radius 3 is 2.70 bits per heavy atom. The average molecular weight is 443 g/mol. The summed E-state index contributed by atoms with van der Waals surface area (Å²) in [7, 11) is 1.41. The number of thioether (sulfide) groups is 1. The van der Waals surface area contributed by atoms with Crippen LogP contribution in [0.2, 0.25) is 0 Å². The highest BCUT2D eigenvalue weighted by Gasteiger charge is 2.36. The Kier molecular flexibility index (Phi) is 8.77. The van der Waals surface area contributed by atoms with E-state index in [1.165, 1.54) is 19.2 Å². The number of methoxy groups -OCH3 is 1. The zero-order chi connectivity index (χ0) is 21.5. The Labute approximate surface area is 181 Å². The molecule has 0 bridgehead atoms. The fourth-order valence-electron chi connectivity index (χ4n) is 4.64. The highest BCUT2D eigenvalue weighted by Crippen LogP contribution is 2.36. The number of nitrogens with zero attached hydrogens (tertiary/aromatic N) is 1. The van der Waals surface area contributed by atoms with Gasteiger partial charge < -0.3 is 19.7 Å². The number of rotatable bonds is 7. The van der Waals surface area contributed by atoms with Crippen LogP contribution < -0.4 is 5.32 Å². The Balaban J connectivity index is 1.56. The van der Waals surface area contributed by atoms with Gasteiger partial charge in [0, 0.05) is 18.5 Å². The third kappa shape index (κ3) is 5.86. The van der Waals surface area contributed by atoms with Gasteiger partial charge >= 0.3 is 6.09 Å². The van der Waals surface area contributed by atoms with Gasteiger partial charge in [-0.2, -0.15) is 0 Å². The van der Waals surface area contributed by atoms with Crippen LogP contribution in [0.5, 0.6) is 0 Å². The minimum absolute atomic E-state index is 0.0257. The quantitative estimate of drug-likeness (QED) is 0.630. The van der Waals surface area contributed by atoms with Gasteiger partial charge in [-0.05, 0) is 74.5 Å². The van der Waals surface area contributed by atoms with Gasteiger partial charge in [-0.15, -0.1) is 11.8 Å². The molecule has 5 nitrogen and oxygen atoms in total. The lowest BCUT2D eigenvalue weighted by atomic mass is 9.82. The van der Waals surface area contributed by atoms with E-state index in [-0.39, 0.29) is 36.0 Å². The van der Waals surface area contributed by atoms with Crippen molar-refractivity contribution in [2.24, 2.45) is 0 Å². The maximum atomic E-state index is 14.1. The van der Waals surface area contributed by atoms with Crippen LogP contribution in [0.3, 0.4) is 0 Å². The fraction of sp³-hybridized carbons (Fsp3) is 0.682. The monoisotopic (exact) mass is 442 g/mol. The van der Waals surface area contributed by atoms with E-state index in [9.17, 15) is 13.6 Å². The number of amides is 1. The Hall–Kier alpha value is -1.38. The number of carbonyl (C=O) groups is 1. The molecular weight excluding hydrogens is 410 g/mol. The van der Waals surface area contributed by atoms with Crippen LogP contribution in [0, 0.1) is 11.6 Å². The van der Waals surface area contributed by atoms with Crippen molar-refractivity contribution in [3.8, 4) is 0 Å². The minimum atomic E-state index is -0.395. The number of hydrogen-bond donors (Lipinski definition) is 1. The van der Waals surface area contributed by atoms with E-state index in [1.54, 1.807) is 16.7 Å². The molecule has 1 amide bonds. The smallest absolute Gasteiger partial charge is 0.409 e. The molecule has 3 rings (SSSR count). The van der Waals surface area contributed by atoms with Gasteiger partial charge in [0.15, 0.2) is 0 Å². The van der Waals surface area contributed by atoms with Crippen molar-refractivity contribution in [2.75, 3.05) is 32.4 Å². The summed E-state index contributed by atoms with van der Waals surface area (Å²) in [5, 5.41) is 3.51. The van der Waals surface area contributed by atoms with Crippen LogP contribution in [0.15, 0.2) is 18.2 Å². The van der Waals surface area contributed by atoms with Crippen molar-refractivity contribution >= 4 is 17.9 Å². The molecule has 168 valence electrons. The van der Waals surface area contributed by atoms with E-state index in [4.69, 9.17) is 9.47 Å². The molecule has 2 fully saturated rings. The normalized spacial score (nSPS) is 27.1. The molecular formula is C22H32F2N2O3S. The van der Waals surface area contributed by atoms with E-state index in [0.29, 0.717) is 18.7 Å². The first-order valence-corrected chi connectivity index (χ1v) is 12.1. The molecule has 1 aliphatic heterocycles. The van der Waals surface area contributed by atoms with E-state index >= 15 is 0 Å². The summed E-state index contributed by atoms with van der Waals surface area (Å²) in [6.45, 7) is 1.12. The molecule has 1 N–H and O–H groups in total. The predicted molar refractivity (Wildman–Crippen MR) is 115 cm³/mol. The van der Waals surface area contributed by atoms with Gasteiger partial charge in [0.05, 0.1) is 25.9 Å². The fourth-order valence-corrected chi connectivity index (χ4v) is 5.02. The second-order valence-electron chi connectivity index (χ2n) is 8.09. The van der Waals surface area contributed by atoms with Crippen molar-refractivity contribution in [1.29, 1.82) is 0 Å². The molecule has 1 aromatic carbocycles. The first-order chi connectivity index (χ1) is 14.5. The van der Waals surface area contributed by atoms with Crippen LogP contribution in [0.4, 0.5) is 13.6 Å². The molecule has 0 spiro atoms. The van der Waals surface area contributed by atoms with Gasteiger partial charge in [-0.3, -0.25) is 0 Å². The summed E-state index contributed by atoms with van der Waals surface area (Å²) in [5.74, 6) is 0.117. The van der Waals surface area contributed by atoms with Crippen LogP contribution in [0.1, 0.15) is 50.0 Å². The summed E-state index contributed by atoms with van der Waals surface area (Å²) < 4.78 is 38.8. The molecule has 0 unspecified atom stereocenters. The van der Waals surface area contributed by atoms with Crippen LogP contribution in [0.25, 0.3) is 0 Å². The highest BCUT2D eigenvalue weighted by molar-refractivity contribution is 7.98. The van der Waals surface area contributed by atoms with Crippen LogP contribution in [-0.4, -0.2) is 61.6 Å². The third-order valence-corrected chi connectivity index (χ3v) is 6.71. The lowest BCUT2D eigenvalue weighted by Gasteiger charge is -2.41. The first-order valence-electron chi connectivity index (χ1n) is 10.7.